The second-order valence-electron chi connectivity index (χ2n) is 33.4. The molecule has 1 aliphatic heterocycles. The number of nitrogens with one attached hydrogen (secondary N) is 9. The van der Waals surface area contributed by atoms with Crippen LogP contribution in [0.4, 0.5) is 0 Å². The van der Waals surface area contributed by atoms with Crippen molar-refractivity contribution in [2.45, 2.75) is 178 Å². The maximum atomic E-state index is 15.5. The molecule has 0 aliphatic carbocycles. The van der Waals surface area contributed by atoms with E-state index in [1.165, 1.54) is 83.8 Å². The fourth-order valence-corrected chi connectivity index (χ4v) is 16.3. The van der Waals surface area contributed by atoms with Gasteiger partial charge in [0.15, 0.2) is 5.78 Å². The van der Waals surface area contributed by atoms with Crippen LogP contribution in [0.25, 0.3) is 10.9 Å². The number of carbonyl (C=O) groups excluding carboxylic acids is 16. The summed E-state index contributed by atoms with van der Waals surface area (Å²) in [5.74, 6) is -16.8. The first-order valence-electron chi connectivity index (χ1n) is 43.1. The molecular weight excluding hydrogens is 1690 g/mol. The van der Waals surface area contributed by atoms with Crippen molar-refractivity contribution in [1.82, 2.24) is 72.0 Å². The molecule has 36 heteroatoms. The molecule has 7 aromatic rings. The maximum Gasteiger partial charge on any atom is 0.293 e. The number of nitrogens with two attached hydrogens (primary N) is 1. The number of benzene rings is 6. The predicted octanol–water partition coefficient (Wildman–Crippen LogP) is 2.27. The molecule has 1 fully saturated rings. The third kappa shape index (κ3) is 30.5. The van der Waals surface area contributed by atoms with Gasteiger partial charge in [0.05, 0.1) is 24.9 Å². The molecule has 696 valence electrons. The number of likely N-dealkylation sites (N-methyl/N-ethyl adjacent to an activating group) is 5. The minimum absolute atomic E-state index is 0.0190. The Morgan fingerprint density at radius 1 is 0.469 bits per heavy atom. The lowest BCUT2D eigenvalue weighted by Gasteiger charge is -2.37. The number of hydrogen-bond donors (Lipinski definition) is 12. The zero-order valence-corrected chi connectivity index (χ0v) is 75.6. The molecule has 6 aromatic carbocycles. The number of aromatic amines is 1. The average molecular weight is 1810 g/mol. The minimum atomic E-state index is -2.41. The number of amides is 14. The molecule has 1 aliphatic rings. The Balaban J connectivity index is 1.22. The van der Waals surface area contributed by atoms with E-state index in [-0.39, 0.29) is 69.3 Å². The molecular formula is C94H119N15O20S. The second kappa shape index (κ2) is 49.6. The lowest BCUT2D eigenvalue weighted by atomic mass is 9.98. The van der Waals surface area contributed by atoms with E-state index in [9.17, 15) is 48.0 Å². The van der Waals surface area contributed by atoms with E-state index in [0.29, 0.717) is 57.1 Å². The molecule has 35 nitrogen and oxygen atoms in total. The van der Waals surface area contributed by atoms with Gasteiger partial charge in [0, 0.05) is 115 Å². The van der Waals surface area contributed by atoms with Crippen LogP contribution in [-0.2, 0) is 131 Å². The number of Topliss-reactive ketones (excluding diaryl/α,β-unsaturated/α-hetero) is 1. The van der Waals surface area contributed by atoms with Crippen LogP contribution in [0.15, 0.2) is 170 Å². The molecule has 12 atom stereocenters. The van der Waals surface area contributed by atoms with Crippen LogP contribution in [0.2, 0.25) is 0 Å². The Morgan fingerprint density at radius 2 is 0.915 bits per heavy atom. The van der Waals surface area contributed by atoms with Gasteiger partial charge in [-0.3, -0.25) is 80.9 Å². The van der Waals surface area contributed by atoms with Gasteiger partial charge in [-0.1, -0.05) is 181 Å². The average Bonchev–Trinajstić information content (AvgIpc) is 1.46. The lowest BCUT2D eigenvalue weighted by Crippen LogP contribution is -2.61. The normalized spacial score (nSPS) is 22.4. The number of rotatable bonds is 25. The topological polar surface area (TPSA) is 494 Å². The van der Waals surface area contributed by atoms with E-state index in [2.05, 4.69) is 47.5 Å². The molecule has 0 saturated carbocycles. The fourth-order valence-electron chi connectivity index (χ4n) is 15.2. The molecule has 8 rings (SSSR count). The van der Waals surface area contributed by atoms with Gasteiger partial charge in [0.2, 0.25) is 82.7 Å². The van der Waals surface area contributed by atoms with Gasteiger partial charge < -0.3 is 92.7 Å². The van der Waals surface area contributed by atoms with Gasteiger partial charge in [-0.2, -0.15) is 0 Å². The van der Waals surface area contributed by atoms with Gasteiger partial charge >= 0.3 is 0 Å². The van der Waals surface area contributed by atoms with Crippen molar-refractivity contribution >= 4 is 117 Å². The third-order valence-corrected chi connectivity index (χ3v) is 23.7. The number of ketones is 1. The highest BCUT2D eigenvalue weighted by molar-refractivity contribution is 7.85. The number of primary amides is 1. The SMILES string of the molecule is CCCC[C@H]1C(=O)N(C)CC(=O)N[C@@H](COC=O)C(=O)N[C@@H](C(C)C)C(=O)N(C)[C@@H](Cc2ccccc2)C(=O)N[C@@H](Cc2ccc(O)cc2)C(=O)N(C)CC(=O)N[C@@H](Cc2c[nH]c3ccccc23)C(=O)N[C@@H](Cc2ccc(O)cc2)C(=O)N[C@@H](CC(C)C)C(=O)N[C@H](C(=O)CCC(N)=O)CS(=O)CC(=O)N[C@@H](Cc2ccccc2)C(=O)N(C)[C@@H](Cc2ccccc2)C(=O)N1C. The van der Waals surface area contributed by atoms with E-state index in [4.69, 9.17) is 10.5 Å². The summed E-state index contributed by atoms with van der Waals surface area (Å²) in [5, 5.41) is 42.9. The number of phenols is 2. The summed E-state index contributed by atoms with van der Waals surface area (Å²) in [5.41, 5.74) is 9.05. The van der Waals surface area contributed by atoms with E-state index >= 15 is 43.2 Å². The van der Waals surface area contributed by atoms with E-state index in [1.54, 1.807) is 149 Å². The number of hydrogen-bond acceptors (Lipinski definition) is 20. The standard InChI is InChI=1S/C94H119N15O20S/c1-11-12-32-76-92(125)106(7)52-82(116)99-74(53-129-56-110)88(121)104-84(58(4)5)94(127)108(9)77(47-60-26-18-14-19-27-60)89(122)102-72(46-63-35-39-66(112)40-36-63)90(123)105(6)51-81(115)97-71(49-64-50-96-68-31-23-22-30-67(64)68)87(120)101-70(44-62-33-37-65(111)38-34-62)86(119)100-69(43-57(2)3)85(118)103-75(79(113)41-42-80(95)114)54-130(128)55-83(117)98-73(45-59-24-16-13-17-25-59)91(124)109(10)78(93(126)107(76)8)48-61-28-20-15-21-29-61/h13-31,33-40,50,56-58,69-78,84,96,111-112H,11-12,32,41-49,51-55H2,1-10H3,(H2,95,114)(H,97,115)(H,98,117)(H,99,116)(H,100,119)(H,101,120)(H,102,122)(H,103,118)(H,104,121)/t69-,70-,71-,72-,73-,74-,75-,76-,77-,78-,84-,130?/m0/s1. The van der Waals surface area contributed by atoms with Crippen LogP contribution in [0.1, 0.15) is 107 Å². The summed E-state index contributed by atoms with van der Waals surface area (Å²) >= 11 is 0. The molecule has 1 unspecified atom stereocenters. The van der Waals surface area contributed by atoms with Gasteiger partial charge in [-0.15, -0.1) is 0 Å². The summed E-state index contributed by atoms with van der Waals surface area (Å²) in [6.07, 6.45) is -0.177. The minimum Gasteiger partial charge on any atom is -0.508 e. The third-order valence-electron chi connectivity index (χ3n) is 22.4. The van der Waals surface area contributed by atoms with Crippen LogP contribution < -0.4 is 48.3 Å². The van der Waals surface area contributed by atoms with Crippen molar-refractivity contribution in [3.63, 3.8) is 0 Å². The fraction of sp³-hybridized carbons (Fsp3) is 0.426. The Kier molecular flexibility index (Phi) is 38.8. The molecule has 0 spiro atoms. The first-order chi connectivity index (χ1) is 61.9. The number of H-pyrrole nitrogens is 1. The number of ether oxygens (including phenoxy) is 1. The number of fused-ring (bicyclic) bond motifs is 1. The van der Waals surface area contributed by atoms with E-state index in [0.717, 1.165) is 24.5 Å². The number of aromatic nitrogens is 1. The molecule has 2 heterocycles. The largest absolute Gasteiger partial charge is 0.508 e. The monoisotopic (exact) mass is 1810 g/mol. The van der Waals surface area contributed by atoms with Crippen LogP contribution >= 0.6 is 0 Å². The summed E-state index contributed by atoms with van der Waals surface area (Å²) in [6, 6.07) is 26.8. The molecule has 130 heavy (non-hydrogen) atoms. The summed E-state index contributed by atoms with van der Waals surface area (Å²) in [7, 11) is 4.12. The molecule has 1 saturated heterocycles. The summed E-state index contributed by atoms with van der Waals surface area (Å²) in [4.78, 5) is 243. The van der Waals surface area contributed by atoms with Crippen molar-refractivity contribution in [2.24, 2.45) is 17.6 Å². The number of aromatic hydroxyl groups is 2. The molecule has 13 N–H and O–H groups in total. The zero-order chi connectivity index (χ0) is 95.0. The van der Waals surface area contributed by atoms with E-state index in [1.807, 2.05) is 6.92 Å². The number of unbranched alkanes of at least 4 members (excludes halogenated alkanes) is 1. The number of para-hydroxylation sites is 1. The molecule has 14 amide bonds. The molecule has 1 aromatic heterocycles. The maximum absolute atomic E-state index is 15.5. The predicted molar refractivity (Wildman–Crippen MR) is 484 cm³/mol. The quantitative estimate of drug-likeness (QED) is 0.0365. The molecule has 0 bridgehead atoms. The Hall–Kier alpha value is -13.7. The second-order valence-corrected chi connectivity index (χ2v) is 34.9. The van der Waals surface area contributed by atoms with Crippen molar-refractivity contribution in [3.05, 3.63) is 203 Å². The van der Waals surface area contributed by atoms with Crippen LogP contribution in [0, 0.1) is 11.8 Å². The number of phenolic OH excluding ortho intramolecular Hbond substituents is 2. The van der Waals surface area contributed by atoms with Crippen molar-refractivity contribution in [3.8, 4) is 11.5 Å². The van der Waals surface area contributed by atoms with Crippen LogP contribution in [0.3, 0.4) is 0 Å². The first kappa shape index (κ1) is 102. The smallest absolute Gasteiger partial charge is 0.293 e. The Bertz CT molecular complexity index is 5120. The highest BCUT2D eigenvalue weighted by atomic mass is 32.2. The van der Waals surface area contributed by atoms with Crippen LogP contribution in [-0.4, -0.2) is 272 Å². The van der Waals surface area contributed by atoms with Crippen LogP contribution in [0.5, 0.6) is 11.5 Å². The van der Waals surface area contributed by atoms with Gasteiger partial charge in [-0.05, 0) is 88.4 Å². The highest BCUT2D eigenvalue weighted by Crippen LogP contribution is 2.25. The first-order valence-corrected chi connectivity index (χ1v) is 44.5. The Morgan fingerprint density at radius 3 is 1.45 bits per heavy atom. The molecule has 0 radical (unpaired) electrons. The van der Waals surface area contributed by atoms with Crippen molar-refractivity contribution in [2.75, 3.05) is 66.4 Å². The van der Waals surface area contributed by atoms with Crippen molar-refractivity contribution < 1.29 is 95.9 Å². The summed E-state index contributed by atoms with van der Waals surface area (Å²) < 4.78 is 19.6. The Labute approximate surface area is 757 Å². The van der Waals surface area contributed by atoms with Crippen molar-refractivity contribution in [1.29, 1.82) is 0 Å². The highest BCUT2D eigenvalue weighted by Gasteiger charge is 2.42. The van der Waals surface area contributed by atoms with Gasteiger partial charge in [0.1, 0.15) is 84.3 Å². The lowest BCUT2D eigenvalue weighted by molar-refractivity contribution is -0.151. The van der Waals surface area contributed by atoms with E-state index < -0.39 is 222 Å². The number of carbonyl (C=O) groups is 16. The summed E-state index contributed by atoms with van der Waals surface area (Å²) in [6.45, 7) is 6.11. The number of nitrogens with zero attached hydrogens (tertiary/aromatic N) is 5. The van der Waals surface area contributed by atoms with Gasteiger partial charge in [-0.25, -0.2) is 0 Å². The van der Waals surface area contributed by atoms with Gasteiger partial charge in [0.25, 0.3) is 6.47 Å². The zero-order valence-electron chi connectivity index (χ0n) is 74.7.